The van der Waals surface area contributed by atoms with Crippen molar-refractivity contribution in [3.8, 4) is 0 Å². The highest BCUT2D eigenvalue weighted by Crippen LogP contribution is 2.25. The van der Waals surface area contributed by atoms with Crippen molar-refractivity contribution in [3.05, 3.63) is 46.9 Å². The summed E-state index contributed by atoms with van der Waals surface area (Å²) >= 11 is 7.99. The molecule has 0 radical (unpaired) electrons. The number of aromatic nitrogens is 2. The van der Waals surface area contributed by atoms with Crippen molar-refractivity contribution < 1.29 is 4.79 Å². The molecule has 0 saturated carbocycles. The van der Waals surface area contributed by atoms with Crippen molar-refractivity contribution in [2.45, 2.75) is 6.92 Å². The summed E-state index contributed by atoms with van der Waals surface area (Å²) in [7, 11) is 0. The Morgan fingerprint density at radius 1 is 1.36 bits per heavy atom. The standard InChI is InChI=1S/C15H15ClN4OS/c1-10-2-3-12(8-17-10)19-14-13(16)6-11(7-18-14)15(21)20-4-5-22-9-20/h2-3,6-8H,4-5,9H2,1H3,(H,18,19). The lowest BCUT2D eigenvalue weighted by molar-refractivity contribution is 0.0802. The van der Waals surface area contributed by atoms with Gasteiger partial charge in [0.05, 0.1) is 28.3 Å². The normalized spacial score (nSPS) is 14.2. The topological polar surface area (TPSA) is 58.1 Å². The van der Waals surface area contributed by atoms with Gasteiger partial charge in [-0.1, -0.05) is 11.6 Å². The van der Waals surface area contributed by atoms with Crippen LogP contribution in [0.15, 0.2) is 30.6 Å². The van der Waals surface area contributed by atoms with E-state index in [-0.39, 0.29) is 5.91 Å². The summed E-state index contributed by atoms with van der Waals surface area (Å²) in [5, 5.41) is 3.52. The molecule has 7 heteroatoms. The van der Waals surface area contributed by atoms with Gasteiger partial charge in [0.25, 0.3) is 5.91 Å². The minimum Gasteiger partial charge on any atom is -0.338 e. The monoisotopic (exact) mass is 334 g/mol. The number of nitrogens with one attached hydrogen (secondary N) is 1. The molecule has 1 aliphatic heterocycles. The van der Waals surface area contributed by atoms with Gasteiger partial charge in [0.2, 0.25) is 0 Å². The molecule has 22 heavy (non-hydrogen) atoms. The predicted octanol–water partition coefficient (Wildman–Crippen LogP) is 3.33. The molecule has 0 aliphatic carbocycles. The fourth-order valence-electron chi connectivity index (χ4n) is 2.08. The molecular weight excluding hydrogens is 320 g/mol. The molecular formula is C15H15ClN4OS. The van der Waals surface area contributed by atoms with Crippen molar-refractivity contribution in [1.82, 2.24) is 14.9 Å². The quantitative estimate of drug-likeness (QED) is 0.933. The van der Waals surface area contributed by atoms with Crippen molar-refractivity contribution in [3.63, 3.8) is 0 Å². The fourth-order valence-corrected chi connectivity index (χ4v) is 3.24. The second-order valence-electron chi connectivity index (χ2n) is 4.97. The first-order valence-corrected chi connectivity index (χ1v) is 8.39. The molecule has 2 aromatic rings. The zero-order valence-corrected chi connectivity index (χ0v) is 13.6. The molecule has 1 saturated heterocycles. The minimum atomic E-state index is -0.0250. The number of nitrogens with zero attached hydrogens (tertiary/aromatic N) is 3. The molecule has 1 amide bonds. The van der Waals surface area contributed by atoms with Crippen LogP contribution in [-0.4, -0.2) is 38.9 Å². The van der Waals surface area contributed by atoms with Gasteiger partial charge in [-0.3, -0.25) is 9.78 Å². The van der Waals surface area contributed by atoms with E-state index in [1.807, 2.05) is 19.1 Å². The van der Waals surface area contributed by atoms with Gasteiger partial charge in [0, 0.05) is 24.2 Å². The molecule has 2 aromatic heterocycles. The maximum atomic E-state index is 12.3. The van der Waals surface area contributed by atoms with Gasteiger partial charge in [-0.05, 0) is 25.1 Å². The average molecular weight is 335 g/mol. The third-order valence-electron chi connectivity index (χ3n) is 3.30. The second-order valence-corrected chi connectivity index (χ2v) is 6.46. The molecule has 3 heterocycles. The van der Waals surface area contributed by atoms with E-state index in [0.717, 1.165) is 29.6 Å². The van der Waals surface area contributed by atoms with E-state index in [0.29, 0.717) is 16.4 Å². The summed E-state index contributed by atoms with van der Waals surface area (Å²) in [4.78, 5) is 22.6. The van der Waals surface area contributed by atoms with Gasteiger partial charge < -0.3 is 10.2 Å². The number of aryl methyl sites for hydroxylation is 1. The van der Waals surface area contributed by atoms with Gasteiger partial charge in [-0.15, -0.1) is 11.8 Å². The molecule has 0 spiro atoms. The van der Waals surface area contributed by atoms with E-state index >= 15 is 0 Å². The van der Waals surface area contributed by atoms with E-state index < -0.39 is 0 Å². The van der Waals surface area contributed by atoms with Crippen LogP contribution in [0.1, 0.15) is 16.1 Å². The summed E-state index contributed by atoms with van der Waals surface area (Å²) in [5.41, 5.74) is 2.25. The van der Waals surface area contributed by atoms with Gasteiger partial charge >= 0.3 is 0 Å². The maximum Gasteiger partial charge on any atom is 0.256 e. The summed E-state index contributed by atoms with van der Waals surface area (Å²) in [5.74, 6) is 2.20. The molecule has 114 valence electrons. The van der Waals surface area contributed by atoms with E-state index in [9.17, 15) is 4.79 Å². The van der Waals surface area contributed by atoms with Crippen LogP contribution < -0.4 is 5.32 Å². The van der Waals surface area contributed by atoms with Gasteiger partial charge in [0.15, 0.2) is 0 Å². The van der Waals surface area contributed by atoms with Crippen LogP contribution >= 0.6 is 23.4 Å². The molecule has 1 fully saturated rings. The number of hydrogen-bond donors (Lipinski definition) is 1. The van der Waals surface area contributed by atoms with Crippen molar-refractivity contribution in [1.29, 1.82) is 0 Å². The highest BCUT2D eigenvalue weighted by molar-refractivity contribution is 7.99. The molecule has 0 aromatic carbocycles. The molecule has 1 aliphatic rings. The Labute approximate surface area is 138 Å². The number of anilines is 2. The Hall–Kier alpha value is -1.79. The van der Waals surface area contributed by atoms with E-state index in [2.05, 4.69) is 15.3 Å². The molecule has 1 N–H and O–H groups in total. The van der Waals surface area contributed by atoms with Crippen LogP contribution in [0.3, 0.4) is 0 Å². The van der Waals surface area contributed by atoms with Crippen LogP contribution in [0.4, 0.5) is 11.5 Å². The van der Waals surface area contributed by atoms with E-state index in [4.69, 9.17) is 11.6 Å². The Bertz CT molecular complexity index is 686. The average Bonchev–Trinajstić information content (AvgIpc) is 3.05. The molecule has 0 atom stereocenters. The Morgan fingerprint density at radius 3 is 2.86 bits per heavy atom. The molecule has 5 nitrogen and oxygen atoms in total. The van der Waals surface area contributed by atoms with E-state index in [1.54, 1.807) is 35.1 Å². The minimum absolute atomic E-state index is 0.0250. The number of carbonyl (C=O) groups is 1. The van der Waals surface area contributed by atoms with Crippen LogP contribution in [-0.2, 0) is 0 Å². The van der Waals surface area contributed by atoms with Gasteiger partial charge in [-0.25, -0.2) is 4.98 Å². The van der Waals surface area contributed by atoms with Gasteiger partial charge in [0.1, 0.15) is 5.82 Å². The number of amides is 1. The largest absolute Gasteiger partial charge is 0.338 e. The lowest BCUT2D eigenvalue weighted by Gasteiger charge is -2.15. The zero-order valence-electron chi connectivity index (χ0n) is 12.0. The number of pyridine rings is 2. The first kappa shape index (κ1) is 15.1. The number of rotatable bonds is 3. The molecule has 0 bridgehead atoms. The highest BCUT2D eigenvalue weighted by Gasteiger charge is 2.21. The van der Waals surface area contributed by atoms with Crippen molar-refractivity contribution >= 4 is 40.8 Å². The van der Waals surface area contributed by atoms with Crippen molar-refractivity contribution in [2.24, 2.45) is 0 Å². The second kappa shape index (κ2) is 6.54. The maximum absolute atomic E-state index is 12.3. The highest BCUT2D eigenvalue weighted by atomic mass is 35.5. The Kier molecular flexibility index (Phi) is 4.49. The van der Waals surface area contributed by atoms with Crippen LogP contribution in [0.25, 0.3) is 0 Å². The number of halogens is 1. The SMILES string of the molecule is Cc1ccc(Nc2ncc(C(=O)N3CCSC3)cc2Cl)cn1. The number of thioether (sulfide) groups is 1. The molecule has 0 unspecified atom stereocenters. The summed E-state index contributed by atoms with van der Waals surface area (Å²) in [6, 6.07) is 5.46. The lowest BCUT2D eigenvalue weighted by Crippen LogP contribution is -2.27. The Morgan fingerprint density at radius 2 is 2.23 bits per heavy atom. The molecule has 3 rings (SSSR count). The van der Waals surface area contributed by atoms with Crippen LogP contribution in [0.5, 0.6) is 0 Å². The zero-order chi connectivity index (χ0) is 15.5. The summed E-state index contributed by atoms with van der Waals surface area (Å²) < 4.78 is 0. The summed E-state index contributed by atoms with van der Waals surface area (Å²) in [6.07, 6.45) is 3.27. The summed E-state index contributed by atoms with van der Waals surface area (Å²) in [6.45, 7) is 2.70. The Balaban J connectivity index is 1.77. The first-order valence-electron chi connectivity index (χ1n) is 6.86. The van der Waals surface area contributed by atoms with Crippen LogP contribution in [0, 0.1) is 6.92 Å². The van der Waals surface area contributed by atoms with E-state index in [1.165, 1.54) is 0 Å². The number of carbonyl (C=O) groups excluding carboxylic acids is 1. The first-order chi connectivity index (χ1) is 10.6. The third-order valence-corrected chi connectivity index (χ3v) is 4.56. The third kappa shape index (κ3) is 3.34. The predicted molar refractivity (Wildman–Crippen MR) is 89.9 cm³/mol. The smallest absolute Gasteiger partial charge is 0.256 e. The van der Waals surface area contributed by atoms with Crippen molar-refractivity contribution in [2.75, 3.05) is 23.5 Å². The fraction of sp³-hybridized carbons (Fsp3) is 0.267. The van der Waals surface area contributed by atoms with Gasteiger partial charge in [-0.2, -0.15) is 0 Å². The van der Waals surface area contributed by atoms with Crippen LogP contribution in [0.2, 0.25) is 5.02 Å². The lowest BCUT2D eigenvalue weighted by atomic mass is 10.2. The number of hydrogen-bond acceptors (Lipinski definition) is 5.